The third-order valence-corrected chi connectivity index (χ3v) is 8.69. The molecule has 0 bridgehead atoms. The van der Waals surface area contributed by atoms with Crippen LogP contribution in [0.15, 0.2) is 77.7 Å². The Kier molecular flexibility index (Phi) is 10.4. The molecule has 0 aromatic heterocycles. The van der Waals surface area contributed by atoms with Crippen LogP contribution in [0.1, 0.15) is 38.3 Å². The summed E-state index contributed by atoms with van der Waals surface area (Å²) in [6.45, 7) is 6.72. The van der Waals surface area contributed by atoms with E-state index in [4.69, 9.17) is 23.2 Å². The zero-order chi connectivity index (χ0) is 28.7. The van der Waals surface area contributed by atoms with Crippen molar-refractivity contribution in [3.63, 3.8) is 0 Å². The molecule has 0 aliphatic carbocycles. The maximum absolute atomic E-state index is 14.0. The predicted molar refractivity (Wildman–Crippen MR) is 157 cm³/mol. The van der Waals surface area contributed by atoms with Crippen LogP contribution in [0.4, 0.5) is 5.69 Å². The number of benzene rings is 3. The van der Waals surface area contributed by atoms with Gasteiger partial charge in [0, 0.05) is 22.6 Å². The van der Waals surface area contributed by atoms with Crippen LogP contribution in [0.2, 0.25) is 10.0 Å². The van der Waals surface area contributed by atoms with E-state index in [-0.39, 0.29) is 23.4 Å². The van der Waals surface area contributed by atoms with Crippen molar-refractivity contribution < 1.29 is 18.0 Å². The van der Waals surface area contributed by atoms with E-state index in [2.05, 4.69) is 5.32 Å². The number of hydrogen-bond donors (Lipinski definition) is 1. The number of amides is 2. The molecule has 10 heteroatoms. The summed E-state index contributed by atoms with van der Waals surface area (Å²) in [5, 5.41) is 3.84. The lowest BCUT2D eigenvalue weighted by atomic mass is 10.1. The summed E-state index contributed by atoms with van der Waals surface area (Å²) in [6, 6.07) is 18.7. The highest BCUT2D eigenvalue weighted by atomic mass is 35.5. The standard InChI is InChI=1S/C29H33Cl2N3O4S/c1-5-21(3)32-29(36)22(4)33(18-23-10-9-11-24(30)17-23)28(35)19-34(27-15-14-25(31)16-20(27)2)39(37,38)26-12-7-6-8-13-26/h6-17,21-22H,5,18-19H2,1-4H3,(H,32,36)/t21-,22+/m1/s1. The SMILES string of the molecule is CC[C@@H](C)NC(=O)[C@H](C)N(Cc1cccc(Cl)c1)C(=O)CN(c1ccc(Cl)cc1C)S(=O)(=O)c1ccccc1. The van der Waals surface area contributed by atoms with Crippen molar-refractivity contribution >= 4 is 50.7 Å². The number of rotatable bonds is 11. The second-order valence-electron chi connectivity index (χ2n) is 9.40. The summed E-state index contributed by atoms with van der Waals surface area (Å²) >= 11 is 12.3. The van der Waals surface area contributed by atoms with E-state index in [1.165, 1.54) is 17.0 Å². The van der Waals surface area contributed by atoms with E-state index in [0.29, 0.717) is 26.9 Å². The van der Waals surface area contributed by atoms with Crippen LogP contribution < -0.4 is 9.62 Å². The van der Waals surface area contributed by atoms with Gasteiger partial charge in [-0.05, 0) is 80.8 Å². The number of carbonyl (C=O) groups excluding carboxylic acids is 2. The van der Waals surface area contributed by atoms with Gasteiger partial charge in [0.15, 0.2) is 0 Å². The molecule has 39 heavy (non-hydrogen) atoms. The van der Waals surface area contributed by atoms with Gasteiger partial charge in [0.05, 0.1) is 10.6 Å². The molecule has 0 saturated carbocycles. The first-order chi connectivity index (χ1) is 18.4. The molecule has 0 radical (unpaired) electrons. The van der Waals surface area contributed by atoms with Crippen molar-refractivity contribution in [1.82, 2.24) is 10.2 Å². The van der Waals surface area contributed by atoms with Crippen molar-refractivity contribution in [1.29, 1.82) is 0 Å². The fourth-order valence-electron chi connectivity index (χ4n) is 4.01. The first kappa shape index (κ1) is 30.5. The van der Waals surface area contributed by atoms with E-state index < -0.39 is 28.5 Å². The highest BCUT2D eigenvalue weighted by Crippen LogP contribution is 2.29. The largest absolute Gasteiger partial charge is 0.352 e. The van der Waals surface area contributed by atoms with Crippen LogP contribution >= 0.6 is 23.2 Å². The summed E-state index contributed by atoms with van der Waals surface area (Å²) in [5.74, 6) is -0.879. The third kappa shape index (κ3) is 7.75. The van der Waals surface area contributed by atoms with Crippen LogP contribution in [0, 0.1) is 6.92 Å². The van der Waals surface area contributed by atoms with Crippen LogP contribution in [0.5, 0.6) is 0 Å². The molecular formula is C29H33Cl2N3O4S. The molecule has 2 amide bonds. The summed E-state index contributed by atoms with van der Waals surface area (Å²) in [4.78, 5) is 28.5. The van der Waals surface area contributed by atoms with Gasteiger partial charge in [0.2, 0.25) is 11.8 Å². The quantitative estimate of drug-likeness (QED) is 0.305. The summed E-state index contributed by atoms with van der Waals surface area (Å²) < 4.78 is 28.8. The van der Waals surface area contributed by atoms with Gasteiger partial charge in [-0.25, -0.2) is 8.42 Å². The lowest BCUT2D eigenvalue weighted by Crippen LogP contribution is -2.52. The number of hydrogen-bond acceptors (Lipinski definition) is 4. The number of nitrogens with zero attached hydrogens (tertiary/aromatic N) is 2. The molecule has 0 aliphatic rings. The molecule has 3 aromatic carbocycles. The molecule has 3 aromatic rings. The molecule has 0 saturated heterocycles. The highest BCUT2D eigenvalue weighted by molar-refractivity contribution is 7.92. The number of carbonyl (C=O) groups is 2. The Bertz CT molecular complexity index is 1420. The lowest BCUT2D eigenvalue weighted by Gasteiger charge is -2.33. The van der Waals surface area contributed by atoms with Crippen LogP contribution in [-0.4, -0.2) is 43.8 Å². The molecule has 1 N–H and O–H groups in total. The van der Waals surface area contributed by atoms with Gasteiger partial charge in [-0.15, -0.1) is 0 Å². The Morgan fingerprint density at radius 2 is 1.59 bits per heavy atom. The normalized spacial score (nSPS) is 12.9. The second kappa shape index (κ2) is 13.3. The van der Waals surface area contributed by atoms with Crippen molar-refractivity contribution in [2.24, 2.45) is 0 Å². The Morgan fingerprint density at radius 3 is 2.21 bits per heavy atom. The van der Waals surface area contributed by atoms with E-state index >= 15 is 0 Å². The molecule has 0 heterocycles. The van der Waals surface area contributed by atoms with E-state index in [1.807, 2.05) is 13.8 Å². The van der Waals surface area contributed by atoms with Crippen LogP contribution in [0.3, 0.4) is 0 Å². The Hall–Kier alpha value is -3.07. The predicted octanol–water partition coefficient (Wildman–Crippen LogP) is 5.83. The number of aryl methyl sites for hydroxylation is 1. The monoisotopic (exact) mass is 589 g/mol. The lowest BCUT2D eigenvalue weighted by molar-refractivity contribution is -0.139. The average molecular weight is 591 g/mol. The van der Waals surface area contributed by atoms with Crippen molar-refractivity contribution in [3.8, 4) is 0 Å². The first-order valence-corrected chi connectivity index (χ1v) is 14.8. The third-order valence-electron chi connectivity index (χ3n) is 6.45. The molecule has 7 nitrogen and oxygen atoms in total. The minimum Gasteiger partial charge on any atom is -0.352 e. The zero-order valence-corrected chi connectivity index (χ0v) is 24.7. The summed E-state index contributed by atoms with van der Waals surface area (Å²) in [6.07, 6.45) is 0.722. The Morgan fingerprint density at radius 1 is 0.923 bits per heavy atom. The van der Waals surface area contributed by atoms with Crippen molar-refractivity contribution in [2.75, 3.05) is 10.8 Å². The number of anilines is 1. The molecule has 0 spiro atoms. The summed E-state index contributed by atoms with van der Waals surface area (Å²) in [7, 11) is -4.15. The maximum atomic E-state index is 14.0. The molecule has 0 fully saturated rings. The molecule has 208 valence electrons. The van der Waals surface area contributed by atoms with Gasteiger partial charge in [-0.3, -0.25) is 13.9 Å². The maximum Gasteiger partial charge on any atom is 0.264 e. The zero-order valence-electron chi connectivity index (χ0n) is 22.4. The minimum atomic E-state index is -4.15. The van der Waals surface area contributed by atoms with E-state index in [1.54, 1.807) is 74.5 Å². The molecule has 3 rings (SSSR count). The van der Waals surface area contributed by atoms with Gasteiger partial charge in [-0.2, -0.15) is 0 Å². The fraction of sp³-hybridized carbons (Fsp3) is 0.310. The van der Waals surface area contributed by atoms with E-state index in [0.717, 1.165) is 10.7 Å². The summed E-state index contributed by atoms with van der Waals surface area (Å²) in [5.41, 5.74) is 1.61. The van der Waals surface area contributed by atoms with Gasteiger partial charge in [-0.1, -0.05) is 60.5 Å². The average Bonchev–Trinajstić information content (AvgIpc) is 2.90. The van der Waals surface area contributed by atoms with Crippen LogP contribution in [0.25, 0.3) is 0 Å². The molecular weight excluding hydrogens is 557 g/mol. The number of nitrogens with one attached hydrogen (secondary N) is 1. The van der Waals surface area contributed by atoms with Gasteiger partial charge < -0.3 is 10.2 Å². The van der Waals surface area contributed by atoms with Crippen molar-refractivity contribution in [3.05, 3.63) is 94.0 Å². The molecule has 2 atom stereocenters. The number of halogens is 2. The van der Waals surface area contributed by atoms with Gasteiger partial charge in [0.25, 0.3) is 10.0 Å². The molecule has 0 unspecified atom stereocenters. The number of sulfonamides is 1. The topological polar surface area (TPSA) is 86.8 Å². The van der Waals surface area contributed by atoms with Gasteiger partial charge in [0.1, 0.15) is 12.6 Å². The van der Waals surface area contributed by atoms with Crippen molar-refractivity contribution in [2.45, 2.75) is 57.6 Å². The Balaban J connectivity index is 2.05. The van der Waals surface area contributed by atoms with Crippen LogP contribution in [-0.2, 0) is 26.2 Å². The highest BCUT2D eigenvalue weighted by Gasteiger charge is 2.33. The smallest absolute Gasteiger partial charge is 0.264 e. The first-order valence-electron chi connectivity index (χ1n) is 12.6. The Labute approximate surface area is 240 Å². The van der Waals surface area contributed by atoms with Gasteiger partial charge >= 0.3 is 0 Å². The molecule has 0 aliphatic heterocycles. The minimum absolute atomic E-state index is 0.0381. The van der Waals surface area contributed by atoms with E-state index in [9.17, 15) is 18.0 Å². The second-order valence-corrected chi connectivity index (χ2v) is 12.1. The fourth-order valence-corrected chi connectivity index (χ4v) is 5.95.